The number of benzene rings is 2. The summed E-state index contributed by atoms with van der Waals surface area (Å²) < 4.78 is 0. The van der Waals surface area contributed by atoms with Gasteiger partial charge in [0, 0.05) is 40.7 Å². The van der Waals surface area contributed by atoms with Gasteiger partial charge in [0.25, 0.3) is 5.91 Å². The highest BCUT2D eigenvalue weighted by molar-refractivity contribution is 7.10. The predicted molar refractivity (Wildman–Crippen MR) is 123 cm³/mol. The standard InChI is InChI=1S/C24H20N6OS/c1-30(20-11-9-18(10-12-20)23-26-28-29-27-23)24(31)19-7-2-4-16(14-19)8-13-22-25-21(15-32-22)17-5-3-6-17/h2,4,7,9-12,14-15,17H,3,5-6H2,1H3,(H,26,27,28,29). The molecule has 8 heteroatoms. The Morgan fingerprint density at radius 1 is 1.16 bits per heavy atom. The number of tetrazole rings is 1. The monoisotopic (exact) mass is 440 g/mol. The van der Waals surface area contributed by atoms with Gasteiger partial charge in [0.2, 0.25) is 5.82 Å². The normalized spacial score (nSPS) is 13.2. The third-order valence-electron chi connectivity index (χ3n) is 5.63. The Kier molecular flexibility index (Phi) is 5.48. The van der Waals surface area contributed by atoms with Crippen LogP contribution >= 0.6 is 11.3 Å². The fourth-order valence-corrected chi connectivity index (χ4v) is 4.27. The van der Waals surface area contributed by atoms with Gasteiger partial charge in [-0.3, -0.25) is 4.79 Å². The average Bonchev–Trinajstić information content (AvgIpc) is 3.49. The molecule has 0 bridgehead atoms. The number of H-pyrrole nitrogens is 1. The molecular weight excluding hydrogens is 420 g/mol. The third kappa shape index (κ3) is 4.15. The highest BCUT2D eigenvalue weighted by Gasteiger charge is 2.21. The molecule has 2 heterocycles. The van der Waals surface area contributed by atoms with Crippen molar-refractivity contribution < 1.29 is 4.79 Å². The summed E-state index contributed by atoms with van der Waals surface area (Å²) in [6, 6.07) is 14.8. The molecule has 2 aromatic heterocycles. The number of rotatable bonds is 4. The Hall–Kier alpha value is -3.83. The molecule has 5 rings (SSSR count). The molecule has 0 aliphatic heterocycles. The molecule has 1 amide bonds. The molecule has 2 aromatic carbocycles. The van der Waals surface area contributed by atoms with E-state index in [2.05, 4.69) is 42.8 Å². The Morgan fingerprint density at radius 2 is 2.00 bits per heavy atom. The molecule has 1 fully saturated rings. The Bertz CT molecular complexity index is 1300. The van der Waals surface area contributed by atoms with Gasteiger partial charge in [-0.15, -0.1) is 21.5 Å². The molecule has 158 valence electrons. The molecule has 1 N–H and O–H groups in total. The maximum atomic E-state index is 13.0. The van der Waals surface area contributed by atoms with Gasteiger partial charge >= 0.3 is 0 Å². The zero-order valence-electron chi connectivity index (χ0n) is 17.4. The van der Waals surface area contributed by atoms with E-state index in [9.17, 15) is 4.79 Å². The Balaban J connectivity index is 1.30. The van der Waals surface area contributed by atoms with Crippen LogP contribution in [0.2, 0.25) is 0 Å². The molecule has 1 aliphatic rings. The quantitative estimate of drug-likeness (QED) is 0.479. The van der Waals surface area contributed by atoms with Crippen LogP contribution < -0.4 is 4.90 Å². The van der Waals surface area contributed by atoms with Crippen molar-refractivity contribution in [1.29, 1.82) is 0 Å². The van der Waals surface area contributed by atoms with E-state index < -0.39 is 0 Å². The number of aromatic amines is 1. The molecule has 0 radical (unpaired) electrons. The zero-order chi connectivity index (χ0) is 21.9. The number of anilines is 1. The number of hydrogen-bond donors (Lipinski definition) is 1. The first-order valence-corrected chi connectivity index (χ1v) is 11.2. The number of carbonyl (C=O) groups is 1. The van der Waals surface area contributed by atoms with Gasteiger partial charge in [0.15, 0.2) is 5.01 Å². The van der Waals surface area contributed by atoms with E-state index in [1.54, 1.807) is 29.4 Å². The summed E-state index contributed by atoms with van der Waals surface area (Å²) in [7, 11) is 1.75. The lowest BCUT2D eigenvalue weighted by Crippen LogP contribution is -2.26. The van der Waals surface area contributed by atoms with E-state index in [1.807, 2.05) is 42.5 Å². The molecule has 4 aromatic rings. The largest absolute Gasteiger partial charge is 0.311 e. The maximum Gasteiger partial charge on any atom is 0.258 e. The number of amides is 1. The molecule has 0 saturated heterocycles. The second kappa shape index (κ2) is 8.73. The van der Waals surface area contributed by atoms with Crippen molar-refractivity contribution in [3.63, 3.8) is 0 Å². The lowest BCUT2D eigenvalue weighted by atomic mass is 9.83. The predicted octanol–water partition coefficient (Wildman–Crippen LogP) is 4.27. The number of hydrogen-bond acceptors (Lipinski definition) is 6. The van der Waals surface area contributed by atoms with Gasteiger partial charge in [-0.25, -0.2) is 4.98 Å². The van der Waals surface area contributed by atoms with Crippen LogP contribution in [0, 0.1) is 11.8 Å². The van der Waals surface area contributed by atoms with Crippen molar-refractivity contribution in [2.75, 3.05) is 11.9 Å². The molecule has 32 heavy (non-hydrogen) atoms. The first-order valence-electron chi connectivity index (χ1n) is 10.4. The van der Waals surface area contributed by atoms with Crippen LogP contribution in [0.25, 0.3) is 11.4 Å². The molecule has 0 spiro atoms. The summed E-state index contributed by atoms with van der Waals surface area (Å²) in [6.45, 7) is 0. The number of nitrogens with one attached hydrogen (secondary N) is 1. The van der Waals surface area contributed by atoms with Gasteiger partial charge in [0.05, 0.1) is 5.69 Å². The average molecular weight is 441 g/mol. The van der Waals surface area contributed by atoms with Crippen LogP contribution in [-0.2, 0) is 0 Å². The third-order valence-corrected chi connectivity index (χ3v) is 6.41. The van der Waals surface area contributed by atoms with E-state index >= 15 is 0 Å². The van der Waals surface area contributed by atoms with Crippen LogP contribution in [0.4, 0.5) is 5.69 Å². The van der Waals surface area contributed by atoms with Gasteiger partial charge in [-0.05, 0) is 66.4 Å². The molecule has 1 saturated carbocycles. The second-order valence-electron chi connectivity index (χ2n) is 7.68. The van der Waals surface area contributed by atoms with Gasteiger partial charge in [0.1, 0.15) is 0 Å². The van der Waals surface area contributed by atoms with Crippen molar-refractivity contribution >= 4 is 22.9 Å². The summed E-state index contributed by atoms with van der Waals surface area (Å²) in [5.41, 5.74) is 4.13. The summed E-state index contributed by atoms with van der Waals surface area (Å²) in [5, 5.41) is 16.9. The number of nitrogens with zero attached hydrogens (tertiary/aromatic N) is 5. The van der Waals surface area contributed by atoms with E-state index in [1.165, 1.54) is 25.0 Å². The van der Waals surface area contributed by atoms with Gasteiger partial charge in [-0.2, -0.15) is 5.21 Å². The summed E-state index contributed by atoms with van der Waals surface area (Å²) in [4.78, 5) is 19.3. The van der Waals surface area contributed by atoms with Crippen LogP contribution in [0.5, 0.6) is 0 Å². The highest BCUT2D eigenvalue weighted by atomic mass is 32.1. The first-order chi connectivity index (χ1) is 15.7. The van der Waals surface area contributed by atoms with E-state index in [4.69, 9.17) is 0 Å². The van der Waals surface area contributed by atoms with Crippen molar-refractivity contribution in [1.82, 2.24) is 25.6 Å². The van der Waals surface area contributed by atoms with Crippen molar-refractivity contribution in [3.05, 3.63) is 75.7 Å². The van der Waals surface area contributed by atoms with E-state index in [-0.39, 0.29) is 5.91 Å². The van der Waals surface area contributed by atoms with Crippen molar-refractivity contribution in [3.8, 4) is 23.2 Å². The van der Waals surface area contributed by atoms with Gasteiger partial charge in [-0.1, -0.05) is 18.4 Å². The molecule has 7 nitrogen and oxygen atoms in total. The smallest absolute Gasteiger partial charge is 0.258 e. The lowest BCUT2D eigenvalue weighted by Gasteiger charge is -2.22. The SMILES string of the molecule is CN(C(=O)c1cccc(C#Cc2nc(C3CCC3)cs2)c1)c1ccc(-c2nn[nH]n2)cc1. The van der Waals surface area contributed by atoms with E-state index in [0.29, 0.717) is 17.3 Å². The fourth-order valence-electron chi connectivity index (χ4n) is 3.52. The minimum atomic E-state index is -0.109. The topological polar surface area (TPSA) is 87.7 Å². The zero-order valence-corrected chi connectivity index (χ0v) is 18.3. The minimum absolute atomic E-state index is 0.109. The van der Waals surface area contributed by atoms with Crippen LogP contribution in [0.15, 0.2) is 53.9 Å². The van der Waals surface area contributed by atoms with Crippen LogP contribution in [-0.4, -0.2) is 38.6 Å². The van der Waals surface area contributed by atoms with Crippen molar-refractivity contribution in [2.24, 2.45) is 0 Å². The summed E-state index contributed by atoms with van der Waals surface area (Å²) in [6.07, 6.45) is 3.75. The Labute approximate surface area is 189 Å². The minimum Gasteiger partial charge on any atom is -0.311 e. The summed E-state index contributed by atoms with van der Waals surface area (Å²) >= 11 is 1.58. The highest BCUT2D eigenvalue weighted by Crippen LogP contribution is 2.36. The number of aromatic nitrogens is 5. The molecule has 1 aliphatic carbocycles. The lowest BCUT2D eigenvalue weighted by molar-refractivity contribution is 0.0993. The molecular formula is C24H20N6OS. The maximum absolute atomic E-state index is 13.0. The molecule has 0 unspecified atom stereocenters. The summed E-state index contributed by atoms with van der Waals surface area (Å²) in [5.74, 6) is 7.31. The molecule has 0 atom stereocenters. The number of carbonyl (C=O) groups excluding carboxylic acids is 1. The van der Waals surface area contributed by atoms with Crippen LogP contribution in [0.3, 0.4) is 0 Å². The van der Waals surface area contributed by atoms with E-state index in [0.717, 1.165) is 21.8 Å². The Morgan fingerprint density at radius 3 is 2.72 bits per heavy atom. The number of thiazole rings is 1. The second-order valence-corrected chi connectivity index (χ2v) is 8.54. The fraction of sp³-hybridized carbons (Fsp3) is 0.208. The van der Waals surface area contributed by atoms with Gasteiger partial charge < -0.3 is 4.90 Å². The first kappa shape index (κ1) is 20.1. The van der Waals surface area contributed by atoms with Crippen molar-refractivity contribution in [2.45, 2.75) is 25.2 Å². The van der Waals surface area contributed by atoms with Crippen LogP contribution in [0.1, 0.15) is 51.8 Å².